The smallest absolute Gasteiger partial charge is 0.0266 e. The first kappa shape index (κ1) is 12.8. The van der Waals surface area contributed by atoms with Crippen molar-refractivity contribution in [2.45, 2.75) is 45.9 Å². The topological polar surface area (TPSA) is 0 Å². The van der Waals surface area contributed by atoms with Crippen LogP contribution in [0.1, 0.15) is 47.3 Å². The zero-order valence-corrected chi connectivity index (χ0v) is 9.82. The molecule has 1 unspecified atom stereocenters. The third-order valence-electron chi connectivity index (χ3n) is 1.05. The molecular formula is C8H19Y-. The van der Waals surface area contributed by atoms with E-state index in [-0.39, 0.29) is 46.5 Å². The van der Waals surface area contributed by atoms with Crippen molar-refractivity contribution in [3.63, 3.8) is 0 Å². The van der Waals surface area contributed by atoms with Crippen molar-refractivity contribution in [1.82, 2.24) is 0 Å². The minimum absolute atomic E-state index is 0. The van der Waals surface area contributed by atoms with Gasteiger partial charge in [-0.05, 0) is 0 Å². The molecule has 0 aliphatic heterocycles. The first-order valence-electron chi connectivity index (χ1n) is 3.81. The largest absolute Gasteiger partial charge is 0.358 e. The van der Waals surface area contributed by atoms with Crippen LogP contribution in [-0.2, 0) is 32.7 Å². The van der Waals surface area contributed by atoms with Crippen LogP contribution in [0, 0.1) is 7.43 Å². The van der Waals surface area contributed by atoms with Crippen LogP contribution >= 0.6 is 0 Å². The van der Waals surface area contributed by atoms with E-state index < -0.39 is 0 Å². The molecule has 0 amide bonds. The standard InChI is InChI=1S/C7H16.CH3.Y/c1-3-5-7-6-4-2;;/h3-7H2,1-2H3;1H3;/q;-1;/i5T;;. The van der Waals surface area contributed by atoms with Gasteiger partial charge in [-0.3, -0.25) is 0 Å². The second kappa shape index (κ2) is 16.0. The molecule has 0 aromatic carbocycles. The van der Waals surface area contributed by atoms with E-state index in [1.807, 2.05) is 0 Å². The monoisotopic (exact) mass is 206 g/mol. The molecule has 0 N–H and O–H groups in total. The molecule has 0 saturated heterocycles. The summed E-state index contributed by atoms with van der Waals surface area (Å²) in [7, 11) is 0. The fraction of sp³-hybridized carbons (Fsp3) is 0.875. The fourth-order valence-corrected chi connectivity index (χ4v) is 0.553. The van der Waals surface area contributed by atoms with Gasteiger partial charge in [0.1, 0.15) is 0 Å². The Hall–Kier alpha value is 1.10. The Labute approximate surface area is 87.1 Å². The maximum atomic E-state index is 7.32. The van der Waals surface area contributed by atoms with Crippen LogP contribution in [0.3, 0.4) is 0 Å². The molecule has 1 heteroatoms. The average molecular weight is 206 g/mol. The van der Waals surface area contributed by atoms with Gasteiger partial charge in [0.15, 0.2) is 0 Å². The molecule has 0 bridgehead atoms. The average Bonchev–Trinajstić information content (AvgIpc) is 1.83. The van der Waals surface area contributed by atoms with Gasteiger partial charge >= 0.3 is 0 Å². The molecule has 0 aromatic heterocycles. The van der Waals surface area contributed by atoms with E-state index in [9.17, 15) is 0 Å². The van der Waals surface area contributed by atoms with Gasteiger partial charge in [-0.1, -0.05) is 45.9 Å². The van der Waals surface area contributed by atoms with Crippen LogP contribution < -0.4 is 0 Å². The van der Waals surface area contributed by atoms with Gasteiger partial charge in [0.25, 0.3) is 0 Å². The van der Waals surface area contributed by atoms with E-state index in [1.165, 1.54) is 12.8 Å². The predicted octanol–water partition coefficient (Wildman–Crippen LogP) is 3.42. The summed E-state index contributed by atoms with van der Waals surface area (Å²) in [5.74, 6) is 0. The second-order valence-electron chi connectivity index (χ2n) is 1.84. The first-order valence-corrected chi connectivity index (χ1v) is 3.23. The third-order valence-corrected chi connectivity index (χ3v) is 1.05. The quantitative estimate of drug-likeness (QED) is 0.618. The minimum atomic E-state index is 0. The predicted molar refractivity (Wildman–Crippen MR) is 40.8 cm³/mol. The minimum Gasteiger partial charge on any atom is -0.358 e. The van der Waals surface area contributed by atoms with E-state index >= 15 is 0 Å². The van der Waals surface area contributed by atoms with Crippen LogP contribution in [0.5, 0.6) is 0 Å². The van der Waals surface area contributed by atoms with Crippen molar-refractivity contribution in [3.8, 4) is 0 Å². The zero-order valence-electron chi connectivity index (χ0n) is 7.98. The van der Waals surface area contributed by atoms with Crippen LogP contribution in [0.15, 0.2) is 0 Å². The molecule has 0 heterocycles. The van der Waals surface area contributed by atoms with E-state index in [2.05, 4.69) is 13.8 Å². The first-order chi connectivity index (χ1) is 3.81. The summed E-state index contributed by atoms with van der Waals surface area (Å²) in [4.78, 5) is 0. The van der Waals surface area contributed by atoms with E-state index in [1.54, 1.807) is 0 Å². The molecule has 0 spiro atoms. The van der Waals surface area contributed by atoms with Crippen molar-refractivity contribution in [2.75, 3.05) is 0 Å². The molecule has 0 fully saturated rings. The van der Waals surface area contributed by atoms with Crippen molar-refractivity contribution >= 4 is 0 Å². The molecule has 1 radical (unpaired) electrons. The van der Waals surface area contributed by atoms with Gasteiger partial charge in [0.05, 0.1) is 0 Å². The van der Waals surface area contributed by atoms with E-state index in [0.717, 1.165) is 12.8 Å². The molecule has 0 aliphatic carbocycles. The second-order valence-corrected chi connectivity index (χ2v) is 1.84. The van der Waals surface area contributed by atoms with Gasteiger partial charge in [-0.2, -0.15) is 0 Å². The third kappa shape index (κ3) is 17.6. The fourth-order valence-electron chi connectivity index (χ4n) is 0.553. The summed E-state index contributed by atoms with van der Waals surface area (Å²) in [6.45, 7) is 4.25. The van der Waals surface area contributed by atoms with Crippen molar-refractivity contribution in [2.24, 2.45) is 0 Å². The Morgan fingerprint density at radius 1 is 1.11 bits per heavy atom. The summed E-state index contributed by atoms with van der Waals surface area (Å²) in [5, 5.41) is 0. The van der Waals surface area contributed by atoms with Crippen LogP contribution in [0.4, 0.5) is 0 Å². The summed E-state index contributed by atoms with van der Waals surface area (Å²) in [5.41, 5.74) is 0. The van der Waals surface area contributed by atoms with Gasteiger partial charge in [0, 0.05) is 34.1 Å². The molecule has 0 aliphatic rings. The van der Waals surface area contributed by atoms with Crippen LogP contribution in [0.25, 0.3) is 0 Å². The van der Waals surface area contributed by atoms with Crippen molar-refractivity contribution in [3.05, 3.63) is 7.43 Å². The van der Waals surface area contributed by atoms with E-state index in [4.69, 9.17) is 1.37 Å². The number of rotatable bonds is 4. The molecular weight excluding hydrogens is 185 g/mol. The van der Waals surface area contributed by atoms with Crippen molar-refractivity contribution in [1.29, 1.82) is 0 Å². The Balaban J connectivity index is -0.000000245. The van der Waals surface area contributed by atoms with Crippen molar-refractivity contribution < 1.29 is 34.1 Å². The molecule has 0 saturated carbocycles. The SMILES string of the molecule is [3H]C(CC)CCCC.[CH3-].[Y]. The number of unbranched alkanes of at least 4 members (excludes halogenated alkanes) is 1. The maximum Gasteiger partial charge on any atom is 0.0266 e. The Bertz CT molecular complexity index is 48.5. The van der Waals surface area contributed by atoms with Gasteiger partial charge < -0.3 is 7.43 Å². The number of hydrogen-bond acceptors (Lipinski definition) is 0. The normalized spacial score (nSPS) is 12.4. The van der Waals surface area contributed by atoms with Gasteiger partial charge in [-0.15, -0.1) is 0 Å². The van der Waals surface area contributed by atoms with Crippen LogP contribution in [0.2, 0.25) is 0 Å². The van der Waals surface area contributed by atoms with Gasteiger partial charge in [0.2, 0.25) is 0 Å². The van der Waals surface area contributed by atoms with Gasteiger partial charge in [-0.25, -0.2) is 0 Å². The summed E-state index contributed by atoms with van der Waals surface area (Å²) in [6.07, 6.45) is 4.76. The molecule has 55 valence electrons. The van der Waals surface area contributed by atoms with E-state index in [0.29, 0.717) is 0 Å². The molecule has 9 heavy (non-hydrogen) atoms. The molecule has 0 nitrogen and oxygen atoms in total. The molecule has 1 atom stereocenters. The molecule has 0 rings (SSSR count). The maximum absolute atomic E-state index is 7.32. The summed E-state index contributed by atoms with van der Waals surface area (Å²) >= 11 is 0. The zero-order chi connectivity index (χ0) is 6.41. The Morgan fingerprint density at radius 2 is 1.67 bits per heavy atom. The molecule has 0 aromatic rings. The number of hydrogen-bond donors (Lipinski definition) is 0. The van der Waals surface area contributed by atoms with Crippen LogP contribution in [-0.4, -0.2) is 0 Å². The Morgan fingerprint density at radius 3 is 2.00 bits per heavy atom. The summed E-state index contributed by atoms with van der Waals surface area (Å²) < 4.78 is 7.32. The Kier molecular flexibility index (Phi) is 22.7. The summed E-state index contributed by atoms with van der Waals surface area (Å²) in [6, 6.07) is 0.